The van der Waals surface area contributed by atoms with Gasteiger partial charge < -0.3 is 15.1 Å². The normalized spacial score (nSPS) is 11.2. The Balaban J connectivity index is 3.03. The Bertz CT molecular complexity index is 517. The summed E-state index contributed by atoms with van der Waals surface area (Å²) in [5, 5.41) is 18.3. The van der Waals surface area contributed by atoms with Gasteiger partial charge in [-0.05, 0) is 51.5 Å². The van der Waals surface area contributed by atoms with E-state index in [0.717, 1.165) is 0 Å². The summed E-state index contributed by atoms with van der Waals surface area (Å²) < 4.78 is 0. The molecule has 0 aromatic heterocycles. The van der Waals surface area contributed by atoms with E-state index >= 15 is 0 Å². The van der Waals surface area contributed by atoms with Crippen LogP contribution in [0.25, 0.3) is 0 Å². The second kappa shape index (κ2) is 5.94. The second-order valence-corrected chi connectivity index (χ2v) is 5.77. The minimum absolute atomic E-state index is 0.0971. The van der Waals surface area contributed by atoms with Crippen molar-refractivity contribution in [2.24, 2.45) is 0 Å². The van der Waals surface area contributed by atoms with E-state index in [-0.39, 0.29) is 24.6 Å². The maximum absolute atomic E-state index is 12.5. The molecule has 0 saturated heterocycles. The van der Waals surface area contributed by atoms with Crippen molar-refractivity contribution in [2.75, 3.05) is 6.54 Å². The summed E-state index contributed by atoms with van der Waals surface area (Å²) in [6.07, 6.45) is -0.0971. The van der Waals surface area contributed by atoms with Crippen molar-refractivity contribution < 1.29 is 19.8 Å². The third kappa shape index (κ3) is 3.98. The highest BCUT2D eigenvalue weighted by atomic mass is 16.4. The van der Waals surface area contributed by atoms with Crippen LogP contribution < -0.4 is 0 Å². The van der Waals surface area contributed by atoms with Crippen LogP contribution in [0.2, 0.25) is 0 Å². The first-order chi connectivity index (χ1) is 9.12. The SMILES string of the molecule is Cc1cc(C(=O)N(CCC(=O)O)C(C)(C)C)ccc1O. The number of benzene rings is 1. The van der Waals surface area contributed by atoms with Gasteiger partial charge in [0.05, 0.1) is 6.42 Å². The fraction of sp³-hybridized carbons (Fsp3) is 0.467. The highest BCUT2D eigenvalue weighted by molar-refractivity contribution is 5.95. The lowest BCUT2D eigenvalue weighted by Crippen LogP contribution is -2.46. The van der Waals surface area contributed by atoms with Crippen LogP contribution >= 0.6 is 0 Å². The zero-order chi connectivity index (χ0) is 15.5. The highest BCUT2D eigenvalue weighted by Gasteiger charge is 2.27. The van der Waals surface area contributed by atoms with E-state index in [1.54, 1.807) is 19.1 Å². The van der Waals surface area contributed by atoms with E-state index in [9.17, 15) is 14.7 Å². The number of aliphatic carboxylic acids is 1. The number of amides is 1. The number of aryl methyl sites for hydroxylation is 1. The van der Waals surface area contributed by atoms with Crippen molar-refractivity contribution >= 4 is 11.9 Å². The molecular formula is C15H21NO4. The predicted octanol–water partition coefficient (Wildman–Crippen LogP) is 2.42. The quantitative estimate of drug-likeness (QED) is 0.887. The van der Waals surface area contributed by atoms with Gasteiger partial charge in [0.15, 0.2) is 0 Å². The molecule has 1 amide bonds. The number of nitrogens with zero attached hydrogens (tertiary/aromatic N) is 1. The van der Waals surface area contributed by atoms with E-state index in [2.05, 4.69) is 0 Å². The number of aromatic hydroxyl groups is 1. The molecule has 110 valence electrons. The van der Waals surface area contributed by atoms with Crippen molar-refractivity contribution in [3.05, 3.63) is 29.3 Å². The Morgan fingerprint density at radius 2 is 1.85 bits per heavy atom. The van der Waals surface area contributed by atoms with Crippen LogP contribution in [0.3, 0.4) is 0 Å². The molecule has 1 aromatic carbocycles. The molecule has 0 heterocycles. The maximum Gasteiger partial charge on any atom is 0.305 e. The number of rotatable bonds is 4. The van der Waals surface area contributed by atoms with Crippen molar-refractivity contribution in [1.29, 1.82) is 0 Å². The van der Waals surface area contributed by atoms with Crippen molar-refractivity contribution in [3.8, 4) is 5.75 Å². The minimum Gasteiger partial charge on any atom is -0.508 e. The third-order valence-corrected chi connectivity index (χ3v) is 3.05. The lowest BCUT2D eigenvalue weighted by Gasteiger charge is -2.35. The summed E-state index contributed by atoms with van der Waals surface area (Å²) in [5.74, 6) is -1.04. The summed E-state index contributed by atoms with van der Waals surface area (Å²) in [4.78, 5) is 24.8. The molecule has 0 radical (unpaired) electrons. The van der Waals surface area contributed by atoms with Gasteiger partial charge >= 0.3 is 5.97 Å². The Hall–Kier alpha value is -2.04. The molecule has 0 saturated carbocycles. The molecule has 0 unspecified atom stereocenters. The molecule has 0 aliphatic carbocycles. The molecule has 5 nitrogen and oxygen atoms in total. The lowest BCUT2D eigenvalue weighted by molar-refractivity contribution is -0.137. The molecule has 0 fully saturated rings. The van der Waals surface area contributed by atoms with Crippen molar-refractivity contribution in [1.82, 2.24) is 4.90 Å². The Labute approximate surface area is 118 Å². The molecule has 1 aromatic rings. The van der Waals surface area contributed by atoms with Gasteiger partial charge in [-0.3, -0.25) is 9.59 Å². The van der Waals surface area contributed by atoms with Crippen molar-refractivity contribution in [3.63, 3.8) is 0 Å². The van der Waals surface area contributed by atoms with Crippen LogP contribution in [0.15, 0.2) is 18.2 Å². The molecule has 0 spiro atoms. The van der Waals surface area contributed by atoms with Gasteiger partial charge in [0, 0.05) is 17.6 Å². The molecular weight excluding hydrogens is 258 g/mol. The van der Waals surface area contributed by atoms with Crippen LogP contribution in [0.1, 0.15) is 43.1 Å². The Morgan fingerprint density at radius 3 is 2.30 bits per heavy atom. The Kier molecular flexibility index (Phi) is 4.76. The first-order valence-electron chi connectivity index (χ1n) is 6.46. The summed E-state index contributed by atoms with van der Waals surface area (Å²) in [6, 6.07) is 4.63. The van der Waals surface area contributed by atoms with E-state index in [0.29, 0.717) is 11.1 Å². The fourth-order valence-corrected chi connectivity index (χ4v) is 1.89. The second-order valence-electron chi connectivity index (χ2n) is 5.77. The molecule has 0 bridgehead atoms. The van der Waals surface area contributed by atoms with Crippen LogP contribution in [-0.4, -0.2) is 39.1 Å². The topological polar surface area (TPSA) is 77.8 Å². The molecule has 0 atom stereocenters. The van der Waals surface area contributed by atoms with Gasteiger partial charge in [0.25, 0.3) is 5.91 Å². The lowest BCUT2D eigenvalue weighted by atomic mass is 10.0. The predicted molar refractivity (Wildman–Crippen MR) is 75.9 cm³/mol. The maximum atomic E-state index is 12.5. The monoisotopic (exact) mass is 279 g/mol. The van der Waals surface area contributed by atoms with Crippen LogP contribution in [-0.2, 0) is 4.79 Å². The molecule has 1 rings (SSSR count). The number of carboxylic acids is 1. The number of carbonyl (C=O) groups is 2. The number of carboxylic acid groups (broad SMARTS) is 1. The van der Waals surface area contributed by atoms with Gasteiger partial charge in [0.2, 0.25) is 0 Å². The third-order valence-electron chi connectivity index (χ3n) is 3.05. The smallest absolute Gasteiger partial charge is 0.305 e. The van der Waals surface area contributed by atoms with Crippen LogP contribution in [0.4, 0.5) is 0 Å². The van der Waals surface area contributed by atoms with Gasteiger partial charge in [0.1, 0.15) is 5.75 Å². The molecule has 0 aliphatic rings. The number of hydrogen-bond acceptors (Lipinski definition) is 3. The standard InChI is InChI=1S/C15H21NO4/c1-10-9-11(5-6-12(10)17)14(20)16(15(2,3)4)8-7-13(18)19/h5-6,9,17H,7-8H2,1-4H3,(H,18,19). The first kappa shape index (κ1) is 16.0. The average Bonchev–Trinajstić information content (AvgIpc) is 2.30. The zero-order valence-electron chi connectivity index (χ0n) is 12.3. The number of phenolic OH excluding ortho intramolecular Hbond substituents is 1. The summed E-state index contributed by atoms with van der Waals surface area (Å²) in [7, 11) is 0. The average molecular weight is 279 g/mol. The van der Waals surface area contributed by atoms with E-state index in [1.165, 1.54) is 11.0 Å². The molecule has 20 heavy (non-hydrogen) atoms. The van der Waals surface area contributed by atoms with Crippen LogP contribution in [0.5, 0.6) is 5.75 Å². The van der Waals surface area contributed by atoms with Gasteiger partial charge in [-0.1, -0.05) is 0 Å². The number of phenols is 1. The molecule has 0 aliphatic heterocycles. The van der Waals surface area contributed by atoms with Gasteiger partial charge in [-0.15, -0.1) is 0 Å². The fourth-order valence-electron chi connectivity index (χ4n) is 1.89. The summed E-state index contributed by atoms with van der Waals surface area (Å²) in [6.45, 7) is 7.45. The Morgan fingerprint density at radius 1 is 1.25 bits per heavy atom. The van der Waals surface area contributed by atoms with Crippen LogP contribution in [0, 0.1) is 6.92 Å². The van der Waals surface area contributed by atoms with Gasteiger partial charge in [-0.2, -0.15) is 0 Å². The number of carbonyl (C=O) groups excluding carboxylic acids is 1. The summed E-state index contributed by atoms with van der Waals surface area (Å²) >= 11 is 0. The van der Waals surface area contributed by atoms with E-state index in [1.807, 2.05) is 20.8 Å². The number of hydrogen-bond donors (Lipinski definition) is 2. The molecule has 2 N–H and O–H groups in total. The summed E-state index contributed by atoms with van der Waals surface area (Å²) in [5.41, 5.74) is 0.585. The first-order valence-corrected chi connectivity index (χ1v) is 6.46. The van der Waals surface area contributed by atoms with Gasteiger partial charge in [-0.25, -0.2) is 0 Å². The van der Waals surface area contributed by atoms with Crippen molar-refractivity contribution in [2.45, 2.75) is 39.7 Å². The highest BCUT2D eigenvalue weighted by Crippen LogP contribution is 2.22. The van der Waals surface area contributed by atoms with E-state index < -0.39 is 11.5 Å². The largest absolute Gasteiger partial charge is 0.508 e. The zero-order valence-corrected chi connectivity index (χ0v) is 12.3. The molecule has 5 heteroatoms. The van der Waals surface area contributed by atoms with E-state index in [4.69, 9.17) is 5.11 Å². The minimum atomic E-state index is -0.936.